The summed E-state index contributed by atoms with van der Waals surface area (Å²) >= 11 is 0. The molecule has 1 unspecified atom stereocenters. The molecule has 0 aliphatic carbocycles. The number of rotatable bonds is 7. The maximum absolute atomic E-state index is 5.73. The molecule has 0 N–H and O–H groups in total. The summed E-state index contributed by atoms with van der Waals surface area (Å²) in [5, 5.41) is 0. The number of ether oxygens (including phenoxy) is 3. The van der Waals surface area contributed by atoms with E-state index in [1.807, 2.05) is 0 Å². The molecular weight excluding hydrogens is 242 g/mol. The van der Waals surface area contributed by atoms with Crippen LogP contribution < -0.4 is 0 Å². The van der Waals surface area contributed by atoms with E-state index in [2.05, 4.69) is 18.7 Å². The lowest BCUT2D eigenvalue weighted by atomic mass is 10.0. The normalized spacial score (nSPS) is 26.4. The van der Waals surface area contributed by atoms with Crippen molar-refractivity contribution < 1.29 is 14.2 Å². The van der Waals surface area contributed by atoms with Crippen molar-refractivity contribution in [1.29, 1.82) is 0 Å². The topological polar surface area (TPSA) is 30.9 Å². The molecule has 2 aliphatic rings. The van der Waals surface area contributed by atoms with Crippen LogP contribution in [0.5, 0.6) is 0 Å². The molecule has 0 bridgehead atoms. The van der Waals surface area contributed by atoms with Crippen molar-refractivity contribution in [1.82, 2.24) is 4.90 Å². The van der Waals surface area contributed by atoms with Gasteiger partial charge in [-0.1, -0.05) is 20.3 Å². The first-order chi connectivity index (χ1) is 9.27. The van der Waals surface area contributed by atoms with Gasteiger partial charge < -0.3 is 14.2 Å². The molecule has 2 fully saturated rings. The summed E-state index contributed by atoms with van der Waals surface area (Å²) < 4.78 is 17.1. The SMILES string of the molecule is CC(C)CCOCCN1CCCCC1C1OCCO1. The van der Waals surface area contributed by atoms with Gasteiger partial charge in [0.2, 0.25) is 0 Å². The number of piperidine rings is 1. The second-order valence-electron chi connectivity index (χ2n) is 6.00. The summed E-state index contributed by atoms with van der Waals surface area (Å²) in [7, 11) is 0. The lowest BCUT2D eigenvalue weighted by Gasteiger charge is -2.37. The van der Waals surface area contributed by atoms with E-state index >= 15 is 0 Å². The van der Waals surface area contributed by atoms with Crippen molar-refractivity contribution in [3.05, 3.63) is 0 Å². The average Bonchev–Trinajstić information content (AvgIpc) is 2.92. The van der Waals surface area contributed by atoms with Gasteiger partial charge in [-0.15, -0.1) is 0 Å². The molecule has 0 aromatic heterocycles. The standard InChI is InChI=1S/C15H29NO3/c1-13(2)6-9-17-10-8-16-7-4-3-5-14(16)15-18-11-12-19-15/h13-15H,3-12H2,1-2H3. The molecule has 112 valence electrons. The number of hydrogen-bond donors (Lipinski definition) is 0. The van der Waals surface area contributed by atoms with Crippen LogP contribution in [-0.2, 0) is 14.2 Å². The first kappa shape index (κ1) is 15.2. The van der Waals surface area contributed by atoms with Crippen LogP contribution in [0.1, 0.15) is 39.5 Å². The second-order valence-corrected chi connectivity index (χ2v) is 6.00. The molecule has 0 saturated carbocycles. The molecule has 0 radical (unpaired) electrons. The molecule has 0 amide bonds. The Hall–Kier alpha value is -0.160. The first-order valence-electron chi connectivity index (χ1n) is 7.82. The molecular formula is C15H29NO3. The van der Waals surface area contributed by atoms with Gasteiger partial charge in [0.25, 0.3) is 0 Å². The predicted molar refractivity (Wildman–Crippen MR) is 75.2 cm³/mol. The molecule has 2 aliphatic heterocycles. The van der Waals surface area contributed by atoms with Crippen LogP contribution in [0.15, 0.2) is 0 Å². The summed E-state index contributed by atoms with van der Waals surface area (Å²) in [6, 6.07) is 0.435. The van der Waals surface area contributed by atoms with Gasteiger partial charge in [0.1, 0.15) is 0 Å². The average molecular weight is 271 g/mol. The minimum atomic E-state index is -0.00374. The van der Waals surface area contributed by atoms with Crippen molar-refractivity contribution in [2.75, 3.05) is 39.5 Å². The van der Waals surface area contributed by atoms with Gasteiger partial charge in [0, 0.05) is 13.2 Å². The van der Waals surface area contributed by atoms with E-state index in [1.54, 1.807) is 0 Å². The Kier molecular flexibility index (Phi) is 6.57. The highest BCUT2D eigenvalue weighted by Gasteiger charge is 2.33. The molecule has 4 heteroatoms. The Balaban J connectivity index is 1.67. The Morgan fingerprint density at radius 1 is 1.16 bits per heavy atom. The molecule has 4 nitrogen and oxygen atoms in total. The smallest absolute Gasteiger partial charge is 0.173 e. The van der Waals surface area contributed by atoms with Crippen LogP contribution in [0.3, 0.4) is 0 Å². The van der Waals surface area contributed by atoms with Crippen molar-refractivity contribution in [3.63, 3.8) is 0 Å². The first-order valence-corrected chi connectivity index (χ1v) is 7.82. The van der Waals surface area contributed by atoms with E-state index in [9.17, 15) is 0 Å². The van der Waals surface area contributed by atoms with Gasteiger partial charge in [0.05, 0.1) is 25.9 Å². The van der Waals surface area contributed by atoms with Crippen molar-refractivity contribution in [3.8, 4) is 0 Å². The Labute approximate surface area is 117 Å². The van der Waals surface area contributed by atoms with E-state index < -0.39 is 0 Å². The quantitative estimate of drug-likeness (QED) is 0.665. The predicted octanol–water partition coefficient (Wildman–Crippen LogP) is 2.28. The van der Waals surface area contributed by atoms with Gasteiger partial charge in [0.15, 0.2) is 6.29 Å². The fourth-order valence-corrected chi connectivity index (χ4v) is 2.80. The molecule has 19 heavy (non-hydrogen) atoms. The number of likely N-dealkylation sites (tertiary alicyclic amines) is 1. The molecule has 2 heterocycles. The molecule has 2 rings (SSSR count). The maximum atomic E-state index is 5.73. The van der Waals surface area contributed by atoms with Gasteiger partial charge >= 0.3 is 0 Å². The van der Waals surface area contributed by atoms with Crippen LogP contribution in [0.2, 0.25) is 0 Å². The second kappa shape index (κ2) is 8.20. The molecule has 0 aromatic rings. The molecule has 0 aromatic carbocycles. The van der Waals surface area contributed by atoms with Crippen molar-refractivity contribution >= 4 is 0 Å². The van der Waals surface area contributed by atoms with Crippen LogP contribution in [0.25, 0.3) is 0 Å². The van der Waals surface area contributed by atoms with Crippen LogP contribution >= 0.6 is 0 Å². The Bertz CT molecular complexity index is 242. The van der Waals surface area contributed by atoms with Gasteiger partial charge in [-0.2, -0.15) is 0 Å². The third kappa shape index (κ3) is 5.03. The van der Waals surface area contributed by atoms with E-state index in [1.165, 1.54) is 19.3 Å². The zero-order valence-corrected chi connectivity index (χ0v) is 12.5. The largest absolute Gasteiger partial charge is 0.380 e. The fraction of sp³-hybridized carbons (Fsp3) is 1.00. The fourth-order valence-electron chi connectivity index (χ4n) is 2.80. The molecule has 0 spiro atoms. The summed E-state index contributed by atoms with van der Waals surface area (Å²) in [5.41, 5.74) is 0. The highest BCUT2D eigenvalue weighted by molar-refractivity contribution is 4.81. The Morgan fingerprint density at radius 2 is 1.95 bits per heavy atom. The van der Waals surface area contributed by atoms with E-state index in [0.29, 0.717) is 6.04 Å². The van der Waals surface area contributed by atoms with E-state index in [-0.39, 0.29) is 6.29 Å². The van der Waals surface area contributed by atoms with Gasteiger partial charge in [-0.3, -0.25) is 4.90 Å². The van der Waals surface area contributed by atoms with Crippen LogP contribution in [-0.4, -0.2) is 56.7 Å². The summed E-state index contributed by atoms with van der Waals surface area (Å²) in [4.78, 5) is 2.49. The molecule has 2 saturated heterocycles. The number of hydrogen-bond acceptors (Lipinski definition) is 4. The van der Waals surface area contributed by atoms with Crippen LogP contribution in [0.4, 0.5) is 0 Å². The summed E-state index contributed by atoms with van der Waals surface area (Å²) in [6.45, 7) is 9.84. The lowest BCUT2D eigenvalue weighted by molar-refractivity contribution is -0.112. The van der Waals surface area contributed by atoms with E-state index in [0.717, 1.165) is 51.9 Å². The third-order valence-electron chi connectivity index (χ3n) is 3.99. The maximum Gasteiger partial charge on any atom is 0.173 e. The minimum absolute atomic E-state index is 0.00374. The lowest BCUT2D eigenvalue weighted by Crippen LogP contribution is -2.48. The zero-order valence-electron chi connectivity index (χ0n) is 12.5. The molecule has 1 atom stereocenters. The highest BCUT2D eigenvalue weighted by Crippen LogP contribution is 2.23. The third-order valence-corrected chi connectivity index (χ3v) is 3.99. The van der Waals surface area contributed by atoms with E-state index in [4.69, 9.17) is 14.2 Å². The van der Waals surface area contributed by atoms with Crippen molar-refractivity contribution in [2.24, 2.45) is 5.92 Å². The summed E-state index contributed by atoms with van der Waals surface area (Å²) in [6.07, 6.45) is 4.92. The van der Waals surface area contributed by atoms with Gasteiger partial charge in [-0.05, 0) is 31.7 Å². The number of nitrogens with zero attached hydrogens (tertiary/aromatic N) is 1. The highest BCUT2D eigenvalue weighted by atomic mass is 16.7. The minimum Gasteiger partial charge on any atom is -0.380 e. The van der Waals surface area contributed by atoms with Crippen LogP contribution in [0, 0.1) is 5.92 Å². The van der Waals surface area contributed by atoms with Gasteiger partial charge in [-0.25, -0.2) is 0 Å². The summed E-state index contributed by atoms with van der Waals surface area (Å²) in [5.74, 6) is 0.725. The zero-order chi connectivity index (χ0) is 13.5. The van der Waals surface area contributed by atoms with Crippen molar-refractivity contribution in [2.45, 2.75) is 51.9 Å². The Morgan fingerprint density at radius 3 is 2.68 bits per heavy atom. The monoisotopic (exact) mass is 271 g/mol.